The second-order valence-corrected chi connectivity index (χ2v) is 9.59. The van der Waals surface area contributed by atoms with Crippen molar-refractivity contribution in [2.45, 2.75) is 38.5 Å². The van der Waals surface area contributed by atoms with Gasteiger partial charge < -0.3 is 19.3 Å². The molecule has 7 nitrogen and oxygen atoms in total. The minimum absolute atomic E-state index is 0.0305. The number of fused-ring (bicyclic) bond motifs is 1. The first-order valence-corrected chi connectivity index (χ1v) is 12.1. The molecule has 3 heterocycles. The SMILES string of the molecule is CC1Cc2cc(C(O)=C3C(=O)C(=O)N(CCCn4ccnc4)C3c3ccc(Cl)c(Cl)c3)ccc2O1. The van der Waals surface area contributed by atoms with Crippen LogP contribution in [-0.2, 0) is 22.6 Å². The van der Waals surface area contributed by atoms with E-state index in [4.69, 9.17) is 27.9 Å². The number of ether oxygens (including phenoxy) is 1. The van der Waals surface area contributed by atoms with Gasteiger partial charge in [0.15, 0.2) is 0 Å². The van der Waals surface area contributed by atoms with Crippen LogP contribution in [0.5, 0.6) is 5.75 Å². The Kier molecular flexibility index (Phi) is 6.30. The van der Waals surface area contributed by atoms with Gasteiger partial charge in [-0.2, -0.15) is 0 Å². The van der Waals surface area contributed by atoms with Gasteiger partial charge in [0, 0.05) is 37.5 Å². The molecule has 1 amide bonds. The Hall–Kier alpha value is -3.29. The second-order valence-electron chi connectivity index (χ2n) is 8.78. The van der Waals surface area contributed by atoms with Crippen LogP contribution in [0.25, 0.3) is 5.76 Å². The number of halogens is 2. The lowest BCUT2D eigenvalue weighted by Gasteiger charge is -2.25. The molecule has 3 aromatic rings. The molecule has 0 spiro atoms. The van der Waals surface area contributed by atoms with E-state index in [0.29, 0.717) is 47.1 Å². The molecule has 0 bridgehead atoms. The molecule has 1 aromatic heterocycles. The van der Waals surface area contributed by atoms with Crippen molar-refractivity contribution < 1.29 is 19.4 Å². The molecule has 9 heteroatoms. The largest absolute Gasteiger partial charge is 0.507 e. The van der Waals surface area contributed by atoms with Crippen LogP contribution in [0.15, 0.2) is 60.7 Å². The Bertz CT molecular complexity index is 1340. The highest BCUT2D eigenvalue weighted by atomic mass is 35.5. The van der Waals surface area contributed by atoms with Crippen LogP contribution in [0.4, 0.5) is 0 Å². The maximum Gasteiger partial charge on any atom is 0.295 e. The lowest BCUT2D eigenvalue weighted by molar-refractivity contribution is -0.139. The number of aliphatic hydroxyl groups excluding tert-OH is 1. The Morgan fingerprint density at radius 2 is 1.97 bits per heavy atom. The third-order valence-electron chi connectivity index (χ3n) is 6.34. The van der Waals surface area contributed by atoms with E-state index in [-0.39, 0.29) is 17.4 Å². The number of likely N-dealkylation sites (tertiary alicyclic amines) is 1. The number of rotatable bonds is 6. The normalized spacial score (nSPS) is 20.8. The lowest BCUT2D eigenvalue weighted by atomic mass is 9.94. The smallest absolute Gasteiger partial charge is 0.295 e. The first kappa shape index (κ1) is 23.5. The summed E-state index contributed by atoms with van der Waals surface area (Å²) in [6.07, 6.45) is 6.56. The van der Waals surface area contributed by atoms with Gasteiger partial charge >= 0.3 is 0 Å². The number of amides is 1. The fraction of sp³-hybridized carbons (Fsp3) is 0.269. The summed E-state index contributed by atoms with van der Waals surface area (Å²) in [7, 11) is 0. The molecule has 2 aliphatic heterocycles. The molecule has 180 valence electrons. The minimum atomic E-state index is -0.795. The first-order chi connectivity index (χ1) is 16.8. The van der Waals surface area contributed by atoms with Crippen LogP contribution in [0.1, 0.15) is 36.1 Å². The van der Waals surface area contributed by atoms with E-state index >= 15 is 0 Å². The second kappa shape index (κ2) is 9.40. The van der Waals surface area contributed by atoms with Gasteiger partial charge in [-0.05, 0) is 54.8 Å². The topological polar surface area (TPSA) is 84.7 Å². The Morgan fingerprint density at radius 1 is 1.14 bits per heavy atom. The Morgan fingerprint density at radius 3 is 2.71 bits per heavy atom. The molecular weight excluding hydrogens is 489 g/mol. The minimum Gasteiger partial charge on any atom is -0.507 e. The lowest BCUT2D eigenvalue weighted by Crippen LogP contribution is -2.31. The van der Waals surface area contributed by atoms with E-state index in [0.717, 1.165) is 11.3 Å². The van der Waals surface area contributed by atoms with Crippen molar-refractivity contribution >= 4 is 40.7 Å². The number of nitrogens with zero attached hydrogens (tertiary/aromatic N) is 3. The van der Waals surface area contributed by atoms with Gasteiger partial charge in [0.05, 0.1) is 28.0 Å². The summed E-state index contributed by atoms with van der Waals surface area (Å²) in [4.78, 5) is 31.9. The highest BCUT2D eigenvalue weighted by Crippen LogP contribution is 2.42. The van der Waals surface area contributed by atoms with Gasteiger partial charge in [0.1, 0.15) is 17.6 Å². The van der Waals surface area contributed by atoms with Crippen molar-refractivity contribution in [2.24, 2.45) is 0 Å². The molecule has 1 N–H and O–H groups in total. The molecule has 0 radical (unpaired) electrons. The predicted molar refractivity (Wildman–Crippen MR) is 133 cm³/mol. The number of hydrogen-bond donors (Lipinski definition) is 1. The number of ketones is 1. The molecule has 1 saturated heterocycles. The van der Waals surface area contributed by atoms with E-state index < -0.39 is 17.7 Å². The zero-order valence-corrected chi connectivity index (χ0v) is 20.5. The fourth-order valence-corrected chi connectivity index (χ4v) is 5.01. The summed E-state index contributed by atoms with van der Waals surface area (Å²) in [5.41, 5.74) is 2.04. The molecule has 2 unspecified atom stereocenters. The standard InChI is InChI=1S/C26H23Cl2N3O4/c1-15-11-18-12-17(4-6-21(18)35-15)24(32)22-23(16-3-5-19(27)20(28)13-16)31(26(34)25(22)33)9-2-8-30-10-7-29-14-30/h3-7,10,12-15,23,32H,2,8-9,11H2,1H3. The average molecular weight is 512 g/mol. The van der Waals surface area contributed by atoms with Gasteiger partial charge in [0.2, 0.25) is 0 Å². The summed E-state index contributed by atoms with van der Waals surface area (Å²) in [6.45, 7) is 2.90. The molecule has 2 aromatic carbocycles. The fourth-order valence-electron chi connectivity index (χ4n) is 4.71. The predicted octanol–water partition coefficient (Wildman–Crippen LogP) is 5.03. The van der Waals surface area contributed by atoms with Crippen LogP contribution in [0.2, 0.25) is 10.0 Å². The zero-order chi connectivity index (χ0) is 24.7. The van der Waals surface area contributed by atoms with Crippen LogP contribution in [-0.4, -0.2) is 43.9 Å². The zero-order valence-electron chi connectivity index (χ0n) is 18.9. The van der Waals surface area contributed by atoms with Gasteiger partial charge in [-0.3, -0.25) is 9.59 Å². The summed E-state index contributed by atoms with van der Waals surface area (Å²) in [5, 5.41) is 12.0. The maximum absolute atomic E-state index is 13.2. The number of imidazole rings is 1. The number of carbonyl (C=O) groups excluding carboxylic acids is 2. The maximum atomic E-state index is 13.2. The molecular formula is C26H23Cl2N3O4. The number of hydrogen-bond acceptors (Lipinski definition) is 5. The van der Waals surface area contributed by atoms with Crippen molar-refractivity contribution in [3.05, 3.63) is 87.4 Å². The Balaban J connectivity index is 1.55. The van der Waals surface area contributed by atoms with Gasteiger partial charge in [0.25, 0.3) is 11.7 Å². The highest BCUT2D eigenvalue weighted by Gasteiger charge is 2.46. The molecule has 5 rings (SSSR count). The third kappa shape index (κ3) is 4.42. The van der Waals surface area contributed by atoms with Crippen molar-refractivity contribution in [2.75, 3.05) is 6.54 Å². The van der Waals surface area contributed by atoms with Crippen molar-refractivity contribution in [3.63, 3.8) is 0 Å². The number of carbonyl (C=O) groups is 2. The summed E-state index contributed by atoms with van der Waals surface area (Å²) in [6, 6.07) is 9.48. The van der Waals surface area contributed by atoms with E-state index in [9.17, 15) is 14.7 Å². The van der Waals surface area contributed by atoms with E-state index in [1.54, 1.807) is 42.9 Å². The number of benzene rings is 2. The van der Waals surface area contributed by atoms with Gasteiger partial charge in [-0.25, -0.2) is 4.98 Å². The van der Waals surface area contributed by atoms with E-state index in [1.165, 1.54) is 4.90 Å². The monoisotopic (exact) mass is 511 g/mol. The van der Waals surface area contributed by atoms with E-state index in [2.05, 4.69) is 4.98 Å². The Labute approximate surface area is 212 Å². The van der Waals surface area contributed by atoms with Gasteiger partial charge in [-0.15, -0.1) is 0 Å². The summed E-state index contributed by atoms with van der Waals surface area (Å²) in [5.74, 6) is -0.855. The molecule has 35 heavy (non-hydrogen) atoms. The highest BCUT2D eigenvalue weighted by molar-refractivity contribution is 6.46. The quantitative estimate of drug-likeness (QED) is 0.285. The van der Waals surface area contributed by atoms with Crippen LogP contribution >= 0.6 is 23.2 Å². The molecule has 0 saturated carbocycles. The summed E-state index contributed by atoms with van der Waals surface area (Å²) < 4.78 is 7.65. The average Bonchev–Trinajstić information content (AvgIpc) is 3.54. The third-order valence-corrected chi connectivity index (χ3v) is 7.08. The first-order valence-electron chi connectivity index (χ1n) is 11.3. The van der Waals surface area contributed by atoms with Crippen molar-refractivity contribution in [1.82, 2.24) is 14.5 Å². The number of aromatic nitrogens is 2. The molecule has 2 atom stereocenters. The van der Waals surface area contributed by atoms with Gasteiger partial charge in [-0.1, -0.05) is 29.3 Å². The molecule has 1 fully saturated rings. The number of aryl methyl sites for hydroxylation is 1. The number of Topliss-reactive ketones (excluding diaryl/α,β-unsaturated/α-hetero) is 1. The van der Waals surface area contributed by atoms with Crippen LogP contribution in [0.3, 0.4) is 0 Å². The number of aliphatic hydroxyl groups is 1. The van der Waals surface area contributed by atoms with Crippen LogP contribution < -0.4 is 4.74 Å². The summed E-state index contributed by atoms with van der Waals surface area (Å²) >= 11 is 12.4. The van der Waals surface area contributed by atoms with Crippen LogP contribution in [0, 0.1) is 0 Å². The van der Waals surface area contributed by atoms with E-state index in [1.807, 2.05) is 23.8 Å². The van der Waals surface area contributed by atoms with Crippen molar-refractivity contribution in [1.29, 1.82) is 0 Å². The molecule has 0 aliphatic carbocycles. The molecule has 2 aliphatic rings. The van der Waals surface area contributed by atoms with Crippen molar-refractivity contribution in [3.8, 4) is 5.75 Å².